The van der Waals surface area contributed by atoms with Crippen LogP contribution < -0.4 is 0 Å². The van der Waals surface area contributed by atoms with Gasteiger partial charge in [-0.1, -0.05) is 28.1 Å². The van der Waals surface area contributed by atoms with Crippen molar-refractivity contribution in [2.24, 2.45) is 11.8 Å². The topological polar surface area (TPSA) is 54.4 Å². The summed E-state index contributed by atoms with van der Waals surface area (Å²) in [6, 6.07) is 6.99. The molecule has 1 fully saturated rings. The maximum Gasteiger partial charge on any atom is 0.307 e. The maximum absolute atomic E-state index is 11.8. The Kier molecular flexibility index (Phi) is 2.61. The molecule has 1 aliphatic carbocycles. The van der Waals surface area contributed by atoms with E-state index in [9.17, 15) is 9.59 Å². The van der Waals surface area contributed by atoms with Crippen molar-refractivity contribution in [3.8, 4) is 0 Å². The standard InChI is InChI=1S/C11H9BrO3/c12-7-3-1-6(2-4-7)10(13)8-5-9(8)11(14)15/h1-4,8-9H,5H2,(H,14,15)/t8-,9+/m0/s1. The van der Waals surface area contributed by atoms with E-state index in [0.29, 0.717) is 12.0 Å². The molecule has 0 spiro atoms. The van der Waals surface area contributed by atoms with Gasteiger partial charge in [0, 0.05) is 16.0 Å². The molecule has 0 aliphatic heterocycles. The monoisotopic (exact) mass is 268 g/mol. The number of ketones is 1. The second-order valence-corrected chi connectivity index (χ2v) is 4.57. The number of carbonyl (C=O) groups excluding carboxylic acids is 1. The smallest absolute Gasteiger partial charge is 0.307 e. The first-order valence-corrected chi connectivity index (χ1v) is 5.41. The Morgan fingerprint density at radius 2 is 1.80 bits per heavy atom. The first kappa shape index (κ1) is 10.4. The van der Waals surface area contributed by atoms with E-state index in [-0.39, 0.29) is 11.7 Å². The Bertz CT molecular complexity index is 410. The Labute approximate surface area is 95.2 Å². The fourth-order valence-electron chi connectivity index (χ4n) is 1.59. The fraction of sp³-hybridized carbons (Fsp3) is 0.273. The van der Waals surface area contributed by atoms with Gasteiger partial charge in [-0.15, -0.1) is 0 Å². The molecule has 2 rings (SSSR count). The van der Waals surface area contributed by atoms with Crippen LogP contribution in [-0.4, -0.2) is 16.9 Å². The van der Waals surface area contributed by atoms with E-state index in [1.54, 1.807) is 24.3 Å². The van der Waals surface area contributed by atoms with Crippen LogP contribution in [0.25, 0.3) is 0 Å². The molecule has 0 radical (unpaired) electrons. The van der Waals surface area contributed by atoms with Crippen LogP contribution in [0.1, 0.15) is 16.8 Å². The molecule has 1 aliphatic rings. The van der Waals surface area contributed by atoms with Gasteiger partial charge < -0.3 is 5.11 Å². The molecule has 1 aromatic carbocycles. The molecule has 0 saturated heterocycles. The minimum Gasteiger partial charge on any atom is -0.481 e. The normalized spacial score (nSPS) is 23.5. The van der Waals surface area contributed by atoms with Gasteiger partial charge in [0.1, 0.15) is 0 Å². The van der Waals surface area contributed by atoms with Crippen molar-refractivity contribution in [2.75, 3.05) is 0 Å². The molecular weight excluding hydrogens is 260 g/mol. The minimum absolute atomic E-state index is 0.0603. The third-order valence-corrected chi connectivity index (χ3v) is 3.10. The van der Waals surface area contributed by atoms with Crippen LogP contribution in [0.3, 0.4) is 0 Å². The van der Waals surface area contributed by atoms with E-state index in [2.05, 4.69) is 15.9 Å². The lowest BCUT2D eigenvalue weighted by atomic mass is 10.1. The number of carboxylic acids is 1. The molecule has 3 nitrogen and oxygen atoms in total. The summed E-state index contributed by atoms with van der Waals surface area (Å²) in [6.45, 7) is 0. The summed E-state index contributed by atoms with van der Waals surface area (Å²) in [5.74, 6) is -1.72. The van der Waals surface area contributed by atoms with Crippen molar-refractivity contribution in [2.45, 2.75) is 6.42 Å². The predicted octanol–water partition coefficient (Wildman–Crippen LogP) is 2.35. The highest BCUT2D eigenvalue weighted by atomic mass is 79.9. The molecule has 4 heteroatoms. The molecule has 2 atom stereocenters. The molecule has 0 amide bonds. The molecule has 1 saturated carbocycles. The lowest BCUT2D eigenvalue weighted by molar-refractivity contribution is -0.138. The van der Waals surface area contributed by atoms with E-state index < -0.39 is 11.9 Å². The lowest BCUT2D eigenvalue weighted by Crippen LogP contribution is -2.07. The maximum atomic E-state index is 11.8. The lowest BCUT2D eigenvalue weighted by Gasteiger charge is -1.98. The SMILES string of the molecule is O=C(c1ccc(Br)cc1)[C@H]1C[C@H]1C(=O)O. The molecule has 0 aromatic heterocycles. The van der Waals surface area contributed by atoms with Gasteiger partial charge in [0.2, 0.25) is 0 Å². The average molecular weight is 269 g/mol. The van der Waals surface area contributed by atoms with Crippen LogP contribution in [0.15, 0.2) is 28.7 Å². The van der Waals surface area contributed by atoms with Gasteiger partial charge in [0.25, 0.3) is 0 Å². The first-order chi connectivity index (χ1) is 7.09. The van der Waals surface area contributed by atoms with Crippen molar-refractivity contribution in [3.05, 3.63) is 34.3 Å². The minimum atomic E-state index is -0.870. The molecular formula is C11H9BrO3. The van der Waals surface area contributed by atoms with E-state index in [1.165, 1.54) is 0 Å². The van der Waals surface area contributed by atoms with Crippen molar-refractivity contribution in [3.63, 3.8) is 0 Å². The second kappa shape index (κ2) is 3.77. The highest BCUT2D eigenvalue weighted by molar-refractivity contribution is 9.10. The zero-order valence-electron chi connectivity index (χ0n) is 7.81. The fourth-order valence-corrected chi connectivity index (χ4v) is 1.85. The van der Waals surface area contributed by atoms with Crippen LogP contribution in [0.4, 0.5) is 0 Å². The Morgan fingerprint density at radius 1 is 1.20 bits per heavy atom. The van der Waals surface area contributed by atoms with Gasteiger partial charge in [0.05, 0.1) is 5.92 Å². The van der Waals surface area contributed by atoms with Gasteiger partial charge in [-0.2, -0.15) is 0 Å². The molecule has 78 valence electrons. The van der Waals surface area contributed by atoms with Crippen LogP contribution in [-0.2, 0) is 4.79 Å². The summed E-state index contributed by atoms with van der Waals surface area (Å²) in [5, 5.41) is 8.70. The molecule has 0 bridgehead atoms. The zero-order chi connectivity index (χ0) is 11.0. The largest absolute Gasteiger partial charge is 0.481 e. The number of carboxylic acid groups (broad SMARTS) is 1. The van der Waals surface area contributed by atoms with E-state index in [1.807, 2.05) is 0 Å². The zero-order valence-corrected chi connectivity index (χ0v) is 9.40. The average Bonchev–Trinajstić information content (AvgIpc) is 2.97. The summed E-state index contributed by atoms with van der Waals surface area (Å²) in [4.78, 5) is 22.4. The quantitative estimate of drug-likeness (QED) is 0.857. The third kappa shape index (κ3) is 2.09. The van der Waals surface area contributed by atoms with Crippen LogP contribution >= 0.6 is 15.9 Å². The van der Waals surface area contributed by atoms with Gasteiger partial charge in [0.15, 0.2) is 5.78 Å². The van der Waals surface area contributed by atoms with Crippen LogP contribution in [0.5, 0.6) is 0 Å². The number of carbonyl (C=O) groups is 2. The summed E-state index contributed by atoms with van der Waals surface area (Å²) in [5.41, 5.74) is 0.590. The van der Waals surface area contributed by atoms with Gasteiger partial charge in [-0.25, -0.2) is 0 Å². The van der Waals surface area contributed by atoms with E-state index in [4.69, 9.17) is 5.11 Å². The van der Waals surface area contributed by atoms with Gasteiger partial charge in [-0.3, -0.25) is 9.59 Å². The summed E-state index contributed by atoms with van der Waals surface area (Å²) >= 11 is 3.28. The van der Waals surface area contributed by atoms with Gasteiger partial charge in [-0.05, 0) is 18.6 Å². The Balaban J connectivity index is 2.10. The number of benzene rings is 1. The van der Waals surface area contributed by atoms with Gasteiger partial charge >= 0.3 is 5.97 Å². The van der Waals surface area contributed by atoms with Crippen molar-refractivity contribution >= 4 is 27.7 Å². The number of halogens is 1. The van der Waals surface area contributed by atoms with Crippen LogP contribution in [0, 0.1) is 11.8 Å². The molecule has 0 heterocycles. The molecule has 0 unspecified atom stereocenters. The number of Topliss-reactive ketones (excluding diaryl/α,β-unsaturated/α-hetero) is 1. The number of hydrogen-bond donors (Lipinski definition) is 1. The first-order valence-electron chi connectivity index (χ1n) is 4.62. The summed E-state index contributed by atoms with van der Waals surface area (Å²) in [6.07, 6.45) is 0.476. The highest BCUT2D eigenvalue weighted by Gasteiger charge is 2.48. The van der Waals surface area contributed by atoms with E-state index >= 15 is 0 Å². The molecule has 1 N–H and O–H groups in total. The third-order valence-electron chi connectivity index (χ3n) is 2.57. The van der Waals surface area contributed by atoms with E-state index in [0.717, 1.165) is 4.47 Å². The Hall–Kier alpha value is -1.16. The van der Waals surface area contributed by atoms with Crippen molar-refractivity contribution < 1.29 is 14.7 Å². The summed E-state index contributed by atoms with van der Waals surface area (Å²) in [7, 11) is 0. The van der Waals surface area contributed by atoms with Crippen LogP contribution in [0.2, 0.25) is 0 Å². The highest BCUT2D eigenvalue weighted by Crippen LogP contribution is 2.41. The predicted molar refractivity (Wildman–Crippen MR) is 57.7 cm³/mol. The molecule has 15 heavy (non-hydrogen) atoms. The van der Waals surface area contributed by atoms with Crippen molar-refractivity contribution in [1.82, 2.24) is 0 Å². The number of hydrogen-bond acceptors (Lipinski definition) is 2. The van der Waals surface area contributed by atoms with Crippen molar-refractivity contribution in [1.29, 1.82) is 0 Å². The second-order valence-electron chi connectivity index (χ2n) is 3.66. The Morgan fingerprint density at radius 3 is 2.27 bits per heavy atom. The number of rotatable bonds is 3. The molecule has 1 aromatic rings. The number of aliphatic carboxylic acids is 1. The summed E-state index contributed by atoms with van der Waals surface area (Å²) < 4.78 is 0.907.